The van der Waals surface area contributed by atoms with Gasteiger partial charge in [0.2, 0.25) is 0 Å². The number of nitrogens with two attached hydrogens (primary N) is 1. The molecule has 2 N–H and O–H groups in total. The van der Waals surface area contributed by atoms with Gasteiger partial charge in [-0.15, -0.1) is 0 Å². The van der Waals surface area contributed by atoms with Crippen LogP contribution < -0.4 is 5.73 Å². The van der Waals surface area contributed by atoms with Gasteiger partial charge in [0.25, 0.3) is 5.91 Å². The number of pyridine rings is 1. The molecule has 0 spiro atoms. The molecular weight excluding hydrogens is 272 g/mol. The summed E-state index contributed by atoms with van der Waals surface area (Å²) in [4.78, 5) is 20.8. The van der Waals surface area contributed by atoms with E-state index in [2.05, 4.69) is 16.9 Å². The van der Waals surface area contributed by atoms with Crippen LogP contribution in [0.2, 0.25) is 0 Å². The lowest BCUT2D eigenvalue weighted by Crippen LogP contribution is -2.39. The fourth-order valence-electron chi connectivity index (χ4n) is 2.47. The first-order chi connectivity index (χ1) is 9.49. The minimum atomic E-state index is -0.0696. The van der Waals surface area contributed by atoms with Crippen LogP contribution in [0.5, 0.6) is 0 Å². The largest absolute Gasteiger partial charge is 0.389 e. The van der Waals surface area contributed by atoms with Crippen molar-refractivity contribution in [3.63, 3.8) is 0 Å². The van der Waals surface area contributed by atoms with E-state index in [1.807, 2.05) is 7.05 Å². The van der Waals surface area contributed by atoms with Crippen LogP contribution in [0.1, 0.15) is 28.9 Å². The molecule has 0 saturated carbocycles. The van der Waals surface area contributed by atoms with Crippen LogP contribution in [0.4, 0.5) is 0 Å². The van der Waals surface area contributed by atoms with E-state index in [-0.39, 0.29) is 10.9 Å². The summed E-state index contributed by atoms with van der Waals surface area (Å²) in [6.07, 6.45) is 3.89. The number of aromatic nitrogens is 1. The Balaban J connectivity index is 2.00. The van der Waals surface area contributed by atoms with Crippen molar-refractivity contribution in [3.05, 3.63) is 29.6 Å². The van der Waals surface area contributed by atoms with E-state index in [9.17, 15) is 4.79 Å². The molecule has 1 aliphatic rings. The van der Waals surface area contributed by atoms with Crippen LogP contribution in [0, 0.1) is 0 Å². The van der Waals surface area contributed by atoms with Gasteiger partial charge in [-0.05, 0) is 38.6 Å². The molecule has 108 valence electrons. The molecule has 0 aromatic carbocycles. The molecule has 0 bridgehead atoms. The summed E-state index contributed by atoms with van der Waals surface area (Å²) < 4.78 is 0. The first kappa shape index (κ1) is 14.9. The monoisotopic (exact) mass is 292 g/mol. The molecule has 1 amide bonds. The number of amides is 1. The van der Waals surface area contributed by atoms with Crippen LogP contribution in [-0.2, 0) is 0 Å². The third-order valence-corrected chi connectivity index (χ3v) is 4.01. The number of carbonyl (C=O) groups excluding carboxylic acids is 1. The lowest BCUT2D eigenvalue weighted by Gasteiger charge is -2.25. The van der Waals surface area contributed by atoms with Crippen molar-refractivity contribution in [2.75, 3.05) is 27.2 Å². The van der Waals surface area contributed by atoms with E-state index in [4.69, 9.17) is 18.0 Å². The summed E-state index contributed by atoms with van der Waals surface area (Å²) in [6, 6.07) is 3.85. The fourth-order valence-corrected chi connectivity index (χ4v) is 2.59. The van der Waals surface area contributed by atoms with E-state index < -0.39 is 0 Å². The smallest absolute Gasteiger partial charge is 0.272 e. The van der Waals surface area contributed by atoms with Gasteiger partial charge in [-0.2, -0.15) is 0 Å². The molecule has 6 heteroatoms. The summed E-state index contributed by atoms with van der Waals surface area (Å²) >= 11 is 4.87. The number of rotatable bonds is 4. The Hall–Kier alpha value is -1.53. The molecule has 1 unspecified atom stereocenters. The molecule has 1 saturated heterocycles. The zero-order valence-electron chi connectivity index (χ0n) is 11.9. The highest BCUT2D eigenvalue weighted by Gasteiger charge is 2.24. The lowest BCUT2D eigenvalue weighted by atomic mass is 10.2. The van der Waals surface area contributed by atoms with E-state index in [0.29, 0.717) is 17.3 Å². The zero-order chi connectivity index (χ0) is 14.7. The fraction of sp³-hybridized carbons (Fsp3) is 0.500. The van der Waals surface area contributed by atoms with Gasteiger partial charge in [0.05, 0.1) is 0 Å². The topological polar surface area (TPSA) is 62.5 Å². The maximum atomic E-state index is 12.3. The molecule has 1 fully saturated rings. The summed E-state index contributed by atoms with van der Waals surface area (Å²) in [7, 11) is 3.92. The number of nitrogens with zero attached hydrogens (tertiary/aromatic N) is 3. The van der Waals surface area contributed by atoms with Gasteiger partial charge < -0.3 is 15.5 Å². The average molecular weight is 292 g/mol. The SMILES string of the molecule is CN(CC1CCCN1C)C(=O)c1ccc(C(N)=S)cn1. The molecule has 1 atom stereocenters. The first-order valence-electron chi connectivity index (χ1n) is 6.70. The standard InChI is InChI=1S/C14H20N4OS/c1-17-7-3-4-11(17)9-18(2)14(19)12-6-5-10(8-16-12)13(15)20/h5-6,8,11H,3-4,7,9H2,1-2H3,(H2,15,20). The first-order valence-corrected chi connectivity index (χ1v) is 7.11. The molecule has 5 nitrogen and oxygen atoms in total. The van der Waals surface area contributed by atoms with Crippen LogP contribution in [0.3, 0.4) is 0 Å². The van der Waals surface area contributed by atoms with E-state index >= 15 is 0 Å². The van der Waals surface area contributed by atoms with Gasteiger partial charge in [0.15, 0.2) is 0 Å². The highest BCUT2D eigenvalue weighted by molar-refractivity contribution is 7.80. The number of carbonyl (C=O) groups is 1. The second-order valence-electron chi connectivity index (χ2n) is 5.26. The Morgan fingerprint density at radius 2 is 2.35 bits per heavy atom. The van der Waals surface area contributed by atoms with Crippen molar-refractivity contribution in [1.29, 1.82) is 0 Å². The van der Waals surface area contributed by atoms with Crippen molar-refractivity contribution in [1.82, 2.24) is 14.8 Å². The van der Waals surface area contributed by atoms with Crippen molar-refractivity contribution < 1.29 is 4.79 Å². The molecule has 0 aliphatic carbocycles. The van der Waals surface area contributed by atoms with Crippen molar-refractivity contribution >= 4 is 23.1 Å². The van der Waals surface area contributed by atoms with E-state index in [0.717, 1.165) is 19.5 Å². The number of thiocarbonyl (C=S) groups is 1. The molecule has 20 heavy (non-hydrogen) atoms. The molecule has 0 radical (unpaired) electrons. The molecule has 2 rings (SSSR count). The van der Waals surface area contributed by atoms with Crippen molar-refractivity contribution in [2.24, 2.45) is 5.73 Å². The van der Waals surface area contributed by atoms with Crippen LogP contribution in [-0.4, -0.2) is 58.9 Å². The predicted molar refractivity (Wildman–Crippen MR) is 82.7 cm³/mol. The third-order valence-electron chi connectivity index (χ3n) is 3.77. The van der Waals surface area contributed by atoms with Crippen LogP contribution in [0.15, 0.2) is 18.3 Å². The minimum Gasteiger partial charge on any atom is -0.389 e. The Labute approximate surface area is 124 Å². The van der Waals surface area contributed by atoms with Gasteiger partial charge in [0, 0.05) is 31.4 Å². The Morgan fingerprint density at radius 1 is 1.60 bits per heavy atom. The van der Waals surface area contributed by atoms with Gasteiger partial charge in [0.1, 0.15) is 10.7 Å². The Kier molecular flexibility index (Phi) is 4.67. The highest BCUT2D eigenvalue weighted by atomic mass is 32.1. The van der Waals surface area contributed by atoms with Gasteiger partial charge in [-0.1, -0.05) is 12.2 Å². The maximum absolute atomic E-state index is 12.3. The molecule has 2 heterocycles. The average Bonchev–Trinajstić information content (AvgIpc) is 2.83. The molecule has 1 aromatic heterocycles. The molecular formula is C14H20N4OS. The van der Waals surface area contributed by atoms with Crippen LogP contribution >= 0.6 is 12.2 Å². The number of hydrogen-bond acceptors (Lipinski definition) is 4. The Morgan fingerprint density at radius 3 is 2.85 bits per heavy atom. The number of likely N-dealkylation sites (N-methyl/N-ethyl adjacent to an activating group) is 2. The summed E-state index contributed by atoms with van der Waals surface area (Å²) in [5.74, 6) is -0.0696. The summed E-state index contributed by atoms with van der Waals surface area (Å²) in [5, 5.41) is 0. The maximum Gasteiger partial charge on any atom is 0.272 e. The molecule has 1 aromatic rings. The quantitative estimate of drug-likeness (QED) is 0.835. The van der Waals surface area contributed by atoms with Crippen molar-refractivity contribution in [2.45, 2.75) is 18.9 Å². The van der Waals surface area contributed by atoms with Gasteiger partial charge in [-0.25, -0.2) is 0 Å². The van der Waals surface area contributed by atoms with E-state index in [1.54, 1.807) is 23.2 Å². The normalized spacial score (nSPS) is 19.0. The summed E-state index contributed by atoms with van der Waals surface area (Å²) in [5.41, 5.74) is 6.61. The summed E-state index contributed by atoms with van der Waals surface area (Å²) in [6.45, 7) is 1.83. The highest BCUT2D eigenvalue weighted by Crippen LogP contribution is 2.16. The Bertz CT molecular complexity index is 502. The van der Waals surface area contributed by atoms with Gasteiger partial charge in [-0.3, -0.25) is 9.78 Å². The minimum absolute atomic E-state index is 0.0696. The lowest BCUT2D eigenvalue weighted by molar-refractivity contribution is 0.0756. The number of hydrogen-bond donors (Lipinski definition) is 1. The number of likely N-dealkylation sites (tertiary alicyclic amines) is 1. The van der Waals surface area contributed by atoms with Gasteiger partial charge >= 0.3 is 0 Å². The second kappa shape index (κ2) is 6.28. The third kappa shape index (κ3) is 3.32. The zero-order valence-corrected chi connectivity index (χ0v) is 12.7. The van der Waals surface area contributed by atoms with Crippen molar-refractivity contribution in [3.8, 4) is 0 Å². The van der Waals surface area contributed by atoms with Crippen LogP contribution in [0.25, 0.3) is 0 Å². The second-order valence-corrected chi connectivity index (χ2v) is 5.70. The van der Waals surface area contributed by atoms with E-state index in [1.165, 1.54) is 6.42 Å². The predicted octanol–water partition coefficient (Wildman–Crippen LogP) is 0.882. The molecule has 1 aliphatic heterocycles.